The summed E-state index contributed by atoms with van der Waals surface area (Å²) in [6.07, 6.45) is 3.98. The number of benzene rings is 2. The first-order valence-electron chi connectivity index (χ1n) is 7.95. The fraction of sp³-hybridized carbons (Fsp3) is 0.105. The Labute approximate surface area is 154 Å². The zero-order valence-electron chi connectivity index (χ0n) is 14.3. The molecule has 0 amide bonds. The van der Waals surface area contributed by atoms with Crippen LogP contribution in [-0.2, 0) is 0 Å². The standard InChI is InChI=1S/C19H16N4O2S/c1-24-15-9-6-13(7-10-15)8-11-17-22-23-18(20-21-19(23)26-17)14-4-3-5-16(12-14)25-2/h3-12H,1-2H3. The number of ether oxygens (including phenoxy) is 2. The highest BCUT2D eigenvalue weighted by molar-refractivity contribution is 7.17. The van der Waals surface area contributed by atoms with Crippen LogP contribution in [0, 0.1) is 0 Å². The van der Waals surface area contributed by atoms with Gasteiger partial charge >= 0.3 is 0 Å². The zero-order valence-corrected chi connectivity index (χ0v) is 15.1. The second-order valence-electron chi connectivity index (χ2n) is 5.50. The fourth-order valence-electron chi connectivity index (χ4n) is 2.52. The molecule has 0 saturated heterocycles. The summed E-state index contributed by atoms with van der Waals surface area (Å²) in [6, 6.07) is 15.6. The molecule has 4 aromatic rings. The first kappa shape index (κ1) is 16.3. The predicted octanol–water partition coefficient (Wildman–Crippen LogP) is 4.04. The van der Waals surface area contributed by atoms with Gasteiger partial charge in [-0.15, -0.1) is 10.2 Å². The maximum absolute atomic E-state index is 5.28. The fourth-order valence-corrected chi connectivity index (χ4v) is 3.26. The molecular weight excluding hydrogens is 348 g/mol. The lowest BCUT2D eigenvalue weighted by Crippen LogP contribution is -1.91. The van der Waals surface area contributed by atoms with Gasteiger partial charge < -0.3 is 9.47 Å². The van der Waals surface area contributed by atoms with Crippen LogP contribution in [0.1, 0.15) is 10.6 Å². The lowest BCUT2D eigenvalue weighted by molar-refractivity contribution is 0.414. The summed E-state index contributed by atoms with van der Waals surface area (Å²) in [4.78, 5) is 0.747. The molecule has 2 heterocycles. The largest absolute Gasteiger partial charge is 0.497 e. The van der Waals surface area contributed by atoms with Crippen LogP contribution < -0.4 is 9.47 Å². The molecule has 7 heteroatoms. The van der Waals surface area contributed by atoms with E-state index >= 15 is 0 Å². The van der Waals surface area contributed by atoms with Crippen LogP contribution in [0.4, 0.5) is 0 Å². The van der Waals surface area contributed by atoms with E-state index in [1.54, 1.807) is 18.7 Å². The van der Waals surface area contributed by atoms with E-state index in [0.717, 1.165) is 32.6 Å². The van der Waals surface area contributed by atoms with Gasteiger partial charge in [-0.25, -0.2) is 0 Å². The Morgan fingerprint density at radius 3 is 2.50 bits per heavy atom. The summed E-state index contributed by atoms with van der Waals surface area (Å²) in [5, 5.41) is 13.9. The first-order valence-corrected chi connectivity index (χ1v) is 8.77. The molecule has 0 radical (unpaired) electrons. The Bertz CT molecular complexity index is 1070. The van der Waals surface area contributed by atoms with Gasteiger partial charge in [-0.2, -0.15) is 9.61 Å². The topological polar surface area (TPSA) is 61.5 Å². The average molecular weight is 364 g/mol. The molecule has 0 fully saturated rings. The Morgan fingerprint density at radius 2 is 1.73 bits per heavy atom. The third-order valence-electron chi connectivity index (χ3n) is 3.87. The van der Waals surface area contributed by atoms with Crippen molar-refractivity contribution in [3.05, 3.63) is 59.1 Å². The Morgan fingerprint density at radius 1 is 0.923 bits per heavy atom. The van der Waals surface area contributed by atoms with E-state index in [9.17, 15) is 0 Å². The van der Waals surface area contributed by atoms with Crippen molar-refractivity contribution in [2.45, 2.75) is 0 Å². The molecule has 0 aliphatic carbocycles. The van der Waals surface area contributed by atoms with E-state index in [2.05, 4.69) is 15.3 Å². The SMILES string of the molecule is COc1ccc(C=Cc2nn3c(-c4cccc(OC)c4)nnc3s2)cc1. The van der Waals surface area contributed by atoms with Crippen molar-refractivity contribution in [3.63, 3.8) is 0 Å². The van der Waals surface area contributed by atoms with Gasteiger partial charge in [0.15, 0.2) is 5.82 Å². The van der Waals surface area contributed by atoms with Gasteiger partial charge in [0.05, 0.1) is 14.2 Å². The molecule has 0 aliphatic rings. The lowest BCUT2D eigenvalue weighted by Gasteiger charge is -2.01. The molecule has 0 unspecified atom stereocenters. The van der Waals surface area contributed by atoms with Crippen molar-refractivity contribution in [3.8, 4) is 22.9 Å². The van der Waals surface area contributed by atoms with Crippen LogP contribution in [0.15, 0.2) is 48.5 Å². The normalized spacial score (nSPS) is 11.3. The molecule has 0 bridgehead atoms. The number of fused-ring (bicyclic) bond motifs is 1. The molecule has 0 N–H and O–H groups in total. The monoisotopic (exact) mass is 364 g/mol. The highest BCUT2D eigenvalue weighted by Gasteiger charge is 2.12. The first-order chi connectivity index (χ1) is 12.8. The molecule has 2 aromatic carbocycles. The van der Waals surface area contributed by atoms with Gasteiger partial charge in [-0.05, 0) is 35.9 Å². The van der Waals surface area contributed by atoms with Crippen molar-refractivity contribution in [2.24, 2.45) is 0 Å². The number of nitrogens with zero attached hydrogens (tertiary/aromatic N) is 4. The van der Waals surface area contributed by atoms with E-state index in [1.807, 2.05) is 60.7 Å². The van der Waals surface area contributed by atoms with Crippen molar-refractivity contribution >= 4 is 28.4 Å². The summed E-state index contributed by atoms with van der Waals surface area (Å²) in [7, 11) is 3.30. The Balaban J connectivity index is 1.63. The molecule has 0 spiro atoms. The van der Waals surface area contributed by atoms with Crippen LogP contribution >= 0.6 is 11.3 Å². The van der Waals surface area contributed by atoms with Crippen LogP contribution in [0.5, 0.6) is 11.5 Å². The minimum atomic E-state index is 0.694. The molecular formula is C19H16N4O2S. The van der Waals surface area contributed by atoms with Crippen LogP contribution in [0.3, 0.4) is 0 Å². The maximum atomic E-state index is 5.28. The molecule has 6 nitrogen and oxygen atoms in total. The van der Waals surface area contributed by atoms with Gasteiger partial charge in [0.25, 0.3) is 0 Å². The van der Waals surface area contributed by atoms with Crippen molar-refractivity contribution in [1.29, 1.82) is 0 Å². The second kappa shape index (κ2) is 6.97. The van der Waals surface area contributed by atoms with Crippen LogP contribution in [-0.4, -0.2) is 34.0 Å². The van der Waals surface area contributed by atoms with Gasteiger partial charge in [0.1, 0.15) is 16.5 Å². The smallest absolute Gasteiger partial charge is 0.235 e. The third-order valence-corrected chi connectivity index (χ3v) is 4.73. The Hall–Kier alpha value is -3.19. The Kier molecular flexibility index (Phi) is 4.37. The second-order valence-corrected chi connectivity index (χ2v) is 6.48. The van der Waals surface area contributed by atoms with Gasteiger partial charge in [-0.1, -0.05) is 41.7 Å². The van der Waals surface area contributed by atoms with Crippen molar-refractivity contribution in [1.82, 2.24) is 19.8 Å². The van der Waals surface area contributed by atoms with E-state index in [-0.39, 0.29) is 0 Å². The molecule has 0 atom stereocenters. The predicted molar refractivity (Wildman–Crippen MR) is 103 cm³/mol. The van der Waals surface area contributed by atoms with Gasteiger partial charge in [0.2, 0.25) is 4.96 Å². The average Bonchev–Trinajstić information content (AvgIpc) is 3.27. The summed E-state index contributed by atoms with van der Waals surface area (Å²) < 4.78 is 12.2. The number of aromatic nitrogens is 4. The summed E-state index contributed by atoms with van der Waals surface area (Å²) in [5.41, 5.74) is 1.98. The number of hydrogen-bond donors (Lipinski definition) is 0. The summed E-state index contributed by atoms with van der Waals surface area (Å²) in [6.45, 7) is 0. The molecule has 0 saturated carbocycles. The molecule has 2 aromatic heterocycles. The zero-order chi connectivity index (χ0) is 17.9. The van der Waals surface area contributed by atoms with E-state index in [4.69, 9.17) is 9.47 Å². The van der Waals surface area contributed by atoms with Crippen LogP contribution in [0.2, 0.25) is 0 Å². The van der Waals surface area contributed by atoms with Gasteiger partial charge in [-0.3, -0.25) is 0 Å². The number of methoxy groups -OCH3 is 2. The van der Waals surface area contributed by atoms with Crippen molar-refractivity contribution < 1.29 is 9.47 Å². The molecule has 4 rings (SSSR count). The van der Waals surface area contributed by atoms with E-state index in [1.165, 1.54) is 11.3 Å². The van der Waals surface area contributed by atoms with Crippen molar-refractivity contribution in [2.75, 3.05) is 14.2 Å². The summed E-state index contributed by atoms with van der Waals surface area (Å²) in [5.74, 6) is 2.30. The third kappa shape index (κ3) is 3.16. The minimum absolute atomic E-state index is 0.694. The van der Waals surface area contributed by atoms with E-state index < -0.39 is 0 Å². The highest BCUT2D eigenvalue weighted by Crippen LogP contribution is 2.25. The minimum Gasteiger partial charge on any atom is -0.497 e. The maximum Gasteiger partial charge on any atom is 0.235 e. The molecule has 0 aliphatic heterocycles. The lowest BCUT2D eigenvalue weighted by atomic mass is 10.2. The van der Waals surface area contributed by atoms with E-state index in [0.29, 0.717) is 5.82 Å². The van der Waals surface area contributed by atoms with Crippen LogP contribution in [0.25, 0.3) is 28.5 Å². The quantitative estimate of drug-likeness (QED) is 0.535. The van der Waals surface area contributed by atoms with Gasteiger partial charge in [0, 0.05) is 5.56 Å². The highest BCUT2D eigenvalue weighted by atomic mass is 32.1. The number of hydrogen-bond acceptors (Lipinski definition) is 6. The molecule has 130 valence electrons. The summed E-state index contributed by atoms with van der Waals surface area (Å²) >= 11 is 1.49. The molecule has 26 heavy (non-hydrogen) atoms. The number of rotatable bonds is 5.